The molecule has 0 fully saturated rings. The van der Waals surface area contributed by atoms with Crippen LogP contribution in [0.3, 0.4) is 0 Å². The van der Waals surface area contributed by atoms with Crippen molar-refractivity contribution < 1.29 is 14.6 Å². The molecule has 1 amide bonds. The van der Waals surface area contributed by atoms with E-state index in [4.69, 9.17) is 5.11 Å². The predicted octanol–water partition coefficient (Wildman–Crippen LogP) is -0.0145. The van der Waals surface area contributed by atoms with E-state index in [1.807, 2.05) is 0 Å². The molecule has 0 bridgehead atoms. The summed E-state index contributed by atoms with van der Waals surface area (Å²) in [4.78, 5) is 12.3. The van der Waals surface area contributed by atoms with E-state index < -0.39 is 12.2 Å². The smallest absolute Gasteiger partial charge is 0.409 e. The molecule has 0 saturated heterocycles. The molecule has 1 aliphatic heterocycles. The molecule has 0 unspecified atom stereocenters. The fraction of sp³-hybridized carbons (Fsp3) is 0.571. The molecule has 0 spiro atoms. The number of hydrogen-bond donors (Lipinski definition) is 1. The third-order valence-electron chi connectivity index (χ3n) is 1.52. The monoisotopic (exact) mass is 157 g/mol. The maximum atomic E-state index is 10.9. The number of methoxy groups -OCH3 is 1. The number of hydrogen-bond acceptors (Lipinski definition) is 3. The first-order chi connectivity index (χ1) is 5.24. The Hall–Kier alpha value is -1.03. The van der Waals surface area contributed by atoms with Gasteiger partial charge in [0.1, 0.15) is 0 Å². The van der Waals surface area contributed by atoms with Crippen molar-refractivity contribution in [1.82, 2.24) is 4.90 Å². The van der Waals surface area contributed by atoms with E-state index in [-0.39, 0.29) is 0 Å². The summed E-state index contributed by atoms with van der Waals surface area (Å²) in [6.07, 6.45) is 2.46. The van der Waals surface area contributed by atoms with Gasteiger partial charge >= 0.3 is 6.09 Å². The second-order valence-electron chi connectivity index (χ2n) is 2.37. The summed E-state index contributed by atoms with van der Waals surface area (Å²) in [5, 5.41) is 9.09. The van der Waals surface area contributed by atoms with E-state index in [1.165, 1.54) is 12.0 Å². The zero-order chi connectivity index (χ0) is 8.27. The van der Waals surface area contributed by atoms with Gasteiger partial charge < -0.3 is 14.7 Å². The Morgan fingerprint density at radius 3 is 3.09 bits per heavy atom. The van der Waals surface area contributed by atoms with Crippen molar-refractivity contribution in [2.75, 3.05) is 20.2 Å². The van der Waals surface area contributed by atoms with Crippen LogP contribution in [0.25, 0.3) is 0 Å². The van der Waals surface area contributed by atoms with E-state index in [0.29, 0.717) is 13.1 Å². The van der Waals surface area contributed by atoms with Crippen molar-refractivity contribution in [3.8, 4) is 0 Å². The van der Waals surface area contributed by atoms with E-state index in [2.05, 4.69) is 4.74 Å². The summed E-state index contributed by atoms with van der Waals surface area (Å²) >= 11 is 0. The number of β-amino-alcohol motifs (C(OH)–C–C–N with tert-alkyl or cyclic N) is 1. The Balaban J connectivity index is 2.49. The number of amides is 1. The Morgan fingerprint density at radius 2 is 2.55 bits per heavy atom. The SMILES string of the molecule is COC(=O)N1CC=C[C@@H](O)C1. The summed E-state index contributed by atoms with van der Waals surface area (Å²) < 4.78 is 4.48. The van der Waals surface area contributed by atoms with Crippen molar-refractivity contribution in [2.45, 2.75) is 6.10 Å². The highest BCUT2D eigenvalue weighted by molar-refractivity contribution is 5.67. The van der Waals surface area contributed by atoms with E-state index in [1.54, 1.807) is 12.2 Å². The van der Waals surface area contributed by atoms with Crippen LogP contribution in [-0.2, 0) is 4.74 Å². The maximum absolute atomic E-state index is 10.9. The van der Waals surface area contributed by atoms with Crippen molar-refractivity contribution in [3.05, 3.63) is 12.2 Å². The topological polar surface area (TPSA) is 49.8 Å². The predicted molar refractivity (Wildman–Crippen MR) is 39.1 cm³/mol. The lowest BCUT2D eigenvalue weighted by atomic mass is 10.2. The van der Waals surface area contributed by atoms with E-state index in [0.717, 1.165) is 0 Å². The summed E-state index contributed by atoms with van der Waals surface area (Å²) in [6, 6.07) is 0. The minimum atomic E-state index is -0.553. The number of rotatable bonds is 0. The molecule has 0 saturated carbocycles. The lowest BCUT2D eigenvalue weighted by molar-refractivity contribution is 0.0999. The van der Waals surface area contributed by atoms with Crippen LogP contribution < -0.4 is 0 Å². The molecule has 0 radical (unpaired) electrons. The van der Waals surface area contributed by atoms with Crippen molar-refractivity contribution in [3.63, 3.8) is 0 Å². The van der Waals surface area contributed by atoms with Crippen molar-refractivity contribution in [2.24, 2.45) is 0 Å². The van der Waals surface area contributed by atoms with Gasteiger partial charge in [0.2, 0.25) is 0 Å². The van der Waals surface area contributed by atoms with Crippen LogP contribution in [0.1, 0.15) is 0 Å². The first-order valence-corrected chi connectivity index (χ1v) is 3.41. The molecule has 1 atom stereocenters. The number of carbonyl (C=O) groups is 1. The minimum Gasteiger partial charge on any atom is -0.453 e. The Morgan fingerprint density at radius 1 is 1.82 bits per heavy atom. The molecule has 4 nitrogen and oxygen atoms in total. The second-order valence-corrected chi connectivity index (χ2v) is 2.37. The highest BCUT2D eigenvalue weighted by atomic mass is 16.5. The number of nitrogens with zero attached hydrogens (tertiary/aromatic N) is 1. The summed E-state index contributed by atoms with van der Waals surface area (Å²) in [6.45, 7) is 0.840. The number of carbonyl (C=O) groups excluding carboxylic acids is 1. The number of aliphatic hydroxyl groups excluding tert-OH is 1. The number of ether oxygens (including phenoxy) is 1. The summed E-state index contributed by atoms with van der Waals surface area (Å²) in [5.74, 6) is 0. The van der Waals surface area contributed by atoms with Crippen LogP contribution in [0.15, 0.2) is 12.2 Å². The van der Waals surface area contributed by atoms with Gasteiger partial charge in [-0.1, -0.05) is 12.2 Å². The summed E-state index contributed by atoms with van der Waals surface area (Å²) in [5.41, 5.74) is 0. The third-order valence-corrected chi connectivity index (χ3v) is 1.52. The van der Waals surface area contributed by atoms with Gasteiger partial charge in [-0.2, -0.15) is 0 Å². The molecule has 0 aromatic heterocycles. The second kappa shape index (κ2) is 3.39. The van der Waals surface area contributed by atoms with Gasteiger partial charge in [-0.05, 0) is 0 Å². The maximum Gasteiger partial charge on any atom is 0.409 e. The Kier molecular flexibility index (Phi) is 2.48. The van der Waals surface area contributed by atoms with Gasteiger partial charge in [-0.25, -0.2) is 4.79 Å². The quantitative estimate of drug-likeness (QED) is 0.503. The molecule has 4 heteroatoms. The van der Waals surface area contributed by atoms with Crippen molar-refractivity contribution in [1.29, 1.82) is 0 Å². The fourth-order valence-electron chi connectivity index (χ4n) is 0.985. The van der Waals surface area contributed by atoms with E-state index >= 15 is 0 Å². The Labute approximate surface area is 65.1 Å². The summed E-state index contributed by atoms with van der Waals surface area (Å²) in [7, 11) is 1.33. The average molecular weight is 157 g/mol. The van der Waals surface area contributed by atoms with Crippen LogP contribution >= 0.6 is 0 Å². The highest BCUT2D eigenvalue weighted by Crippen LogP contribution is 2.03. The molecular formula is C7H11NO3. The zero-order valence-electron chi connectivity index (χ0n) is 6.36. The fourth-order valence-corrected chi connectivity index (χ4v) is 0.985. The lowest BCUT2D eigenvalue weighted by Gasteiger charge is -2.24. The van der Waals surface area contributed by atoms with Crippen molar-refractivity contribution >= 4 is 6.09 Å². The van der Waals surface area contributed by atoms with Gasteiger partial charge in [0.15, 0.2) is 0 Å². The first-order valence-electron chi connectivity index (χ1n) is 3.41. The minimum absolute atomic E-state index is 0.323. The molecule has 1 N–H and O–H groups in total. The lowest BCUT2D eigenvalue weighted by Crippen LogP contribution is -2.39. The molecule has 1 rings (SSSR count). The van der Waals surface area contributed by atoms with E-state index in [9.17, 15) is 4.79 Å². The van der Waals surface area contributed by atoms with Crippen LogP contribution in [-0.4, -0.2) is 42.4 Å². The standard InChI is InChI=1S/C7H11NO3/c1-11-7(10)8-4-2-3-6(9)5-8/h2-3,6,9H,4-5H2,1H3/t6-/m1/s1. The van der Waals surface area contributed by atoms with Gasteiger partial charge in [-0.3, -0.25) is 0 Å². The number of aliphatic hydroxyl groups is 1. The van der Waals surface area contributed by atoms with Gasteiger partial charge in [0, 0.05) is 6.54 Å². The molecule has 0 aromatic carbocycles. The average Bonchev–Trinajstić information content (AvgIpc) is 2.03. The highest BCUT2D eigenvalue weighted by Gasteiger charge is 2.18. The van der Waals surface area contributed by atoms with Crippen LogP contribution in [0.5, 0.6) is 0 Å². The van der Waals surface area contributed by atoms with Crippen LogP contribution in [0.2, 0.25) is 0 Å². The molecule has 0 aliphatic carbocycles. The third kappa shape index (κ3) is 1.94. The van der Waals surface area contributed by atoms with Crippen LogP contribution in [0, 0.1) is 0 Å². The van der Waals surface area contributed by atoms with Gasteiger partial charge in [0.05, 0.1) is 19.8 Å². The van der Waals surface area contributed by atoms with Gasteiger partial charge in [-0.15, -0.1) is 0 Å². The van der Waals surface area contributed by atoms with Gasteiger partial charge in [0.25, 0.3) is 0 Å². The zero-order valence-corrected chi connectivity index (χ0v) is 6.36. The molecule has 1 heterocycles. The molecular weight excluding hydrogens is 146 g/mol. The normalized spacial score (nSPS) is 23.5. The molecule has 0 aromatic rings. The first kappa shape index (κ1) is 8.07. The molecule has 62 valence electrons. The Bertz CT molecular complexity index is 179. The largest absolute Gasteiger partial charge is 0.453 e. The van der Waals surface area contributed by atoms with Crippen LogP contribution in [0.4, 0.5) is 4.79 Å². The molecule has 1 aliphatic rings. The molecule has 11 heavy (non-hydrogen) atoms.